The molecule has 0 spiro atoms. The predicted octanol–water partition coefficient (Wildman–Crippen LogP) is 2.57. The Labute approximate surface area is 181 Å². The van der Waals surface area contributed by atoms with Crippen LogP contribution in [0.5, 0.6) is 0 Å². The highest BCUT2D eigenvalue weighted by Gasteiger charge is 2.33. The number of hydrogen-bond acceptors (Lipinski definition) is 4. The maximum Gasteiger partial charge on any atom is 0.248 e. The van der Waals surface area contributed by atoms with E-state index in [2.05, 4.69) is 17.0 Å². The zero-order valence-electron chi connectivity index (χ0n) is 18.6. The van der Waals surface area contributed by atoms with Crippen molar-refractivity contribution < 1.29 is 14.3 Å². The van der Waals surface area contributed by atoms with Crippen molar-refractivity contribution in [2.45, 2.75) is 58.1 Å². The summed E-state index contributed by atoms with van der Waals surface area (Å²) >= 11 is 0. The van der Waals surface area contributed by atoms with Crippen LogP contribution in [0.1, 0.15) is 45.1 Å². The second-order valence-electron chi connectivity index (χ2n) is 8.44. The first-order valence-electron chi connectivity index (χ1n) is 11.6. The molecule has 1 aliphatic carbocycles. The molecule has 3 rings (SSSR count). The average molecular weight is 416 g/mol. The minimum atomic E-state index is -0.132. The van der Waals surface area contributed by atoms with Gasteiger partial charge < -0.3 is 14.5 Å². The molecular formula is C24H37N3O3. The summed E-state index contributed by atoms with van der Waals surface area (Å²) in [6.07, 6.45) is 5.48. The van der Waals surface area contributed by atoms with Crippen molar-refractivity contribution in [2.75, 3.05) is 45.9 Å². The van der Waals surface area contributed by atoms with Gasteiger partial charge in [0.05, 0.1) is 12.6 Å². The molecule has 1 aromatic carbocycles. The minimum absolute atomic E-state index is 0.0267. The Morgan fingerprint density at radius 2 is 1.80 bits per heavy atom. The van der Waals surface area contributed by atoms with E-state index in [0.29, 0.717) is 38.8 Å². The lowest BCUT2D eigenvalue weighted by molar-refractivity contribution is -0.138. The van der Waals surface area contributed by atoms with Crippen LogP contribution in [-0.2, 0) is 20.7 Å². The van der Waals surface area contributed by atoms with E-state index in [1.807, 2.05) is 36.9 Å². The lowest BCUT2D eigenvalue weighted by Crippen LogP contribution is -2.42. The van der Waals surface area contributed by atoms with E-state index in [1.54, 1.807) is 4.90 Å². The average Bonchev–Trinajstić information content (AvgIpc) is 3.25. The zero-order chi connectivity index (χ0) is 21.3. The van der Waals surface area contributed by atoms with Crippen molar-refractivity contribution in [3.8, 4) is 0 Å². The van der Waals surface area contributed by atoms with Gasteiger partial charge in [0.1, 0.15) is 6.61 Å². The van der Waals surface area contributed by atoms with E-state index >= 15 is 0 Å². The molecule has 166 valence electrons. The third kappa shape index (κ3) is 6.29. The van der Waals surface area contributed by atoms with E-state index in [9.17, 15) is 9.59 Å². The van der Waals surface area contributed by atoms with Crippen LogP contribution < -0.4 is 0 Å². The number of carbonyl (C=O) groups excluding carboxylic acids is 2. The summed E-state index contributed by atoms with van der Waals surface area (Å²) in [7, 11) is 0. The van der Waals surface area contributed by atoms with E-state index in [0.717, 1.165) is 25.8 Å². The fraction of sp³-hybridized carbons (Fsp3) is 0.667. The van der Waals surface area contributed by atoms with E-state index in [-0.39, 0.29) is 24.5 Å². The van der Waals surface area contributed by atoms with Crippen molar-refractivity contribution in [3.63, 3.8) is 0 Å². The van der Waals surface area contributed by atoms with Gasteiger partial charge in [-0.15, -0.1) is 0 Å². The number of carbonyl (C=O) groups is 2. The van der Waals surface area contributed by atoms with Crippen LogP contribution in [0.25, 0.3) is 0 Å². The van der Waals surface area contributed by atoms with Crippen LogP contribution >= 0.6 is 0 Å². The third-order valence-electron chi connectivity index (χ3n) is 6.47. The van der Waals surface area contributed by atoms with Gasteiger partial charge in [-0.25, -0.2) is 0 Å². The maximum absolute atomic E-state index is 13.0. The van der Waals surface area contributed by atoms with Gasteiger partial charge in [0.15, 0.2) is 0 Å². The quantitative estimate of drug-likeness (QED) is 0.622. The highest BCUT2D eigenvalue weighted by Crippen LogP contribution is 2.25. The molecule has 2 aliphatic rings. The number of benzene rings is 1. The molecule has 0 N–H and O–H groups in total. The number of amides is 2. The first-order valence-corrected chi connectivity index (χ1v) is 11.6. The first kappa shape index (κ1) is 22.8. The smallest absolute Gasteiger partial charge is 0.248 e. The molecule has 1 aromatic rings. The van der Waals surface area contributed by atoms with Crippen LogP contribution in [0.2, 0.25) is 0 Å². The maximum atomic E-state index is 13.0. The molecule has 2 amide bonds. The third-order valence-corrected chi connectivity index (χ3v) is 6.47. The first-order chi connectivity index (χ1) is 14.6. The standard InChI is InChI=1S/C24H37N3O3/c1-3-25(4-2)24(29)19-30-22-16-26(15-14-20-10-6-5-7-11-20)23(28)18-27(17-22)21-12-8-9-13-21/h5-7,10-11,21-22H,3-4,8-9,12-19H2,1-2H3/t22-/m1/s1. The topological polar surface area (TPSA) is 53.1 Å². The normalized spacial score (nSPS) is 21.1. The number of rotatable bonds is 9. The van der Waals surface area contributed by atoms with Crippen molar-refractivity contribution >= 4 is 11.8 Å². The van der Waals surface area contributed by atoms with Crippen LogP contribution in [0.4, 0.5) is 0 Å². The van der Waals surface area contributed by atoms with Gasteiger partial charge >= 0.3 is 0 Å². The molecule has 1 heterocycles. The second kappa shape index (κ2) is 11.5. The van der Waals surface area contributed by atoms with Gasteiger partial charge in [0.2, 0.25) is 11.8 Å². The minimum Gasteiger partial charge on any atom is -0.365 e. The summed E-state index contributed by atoms with van der Waals surface area (Å²) in [4.78, 5) is 31.5. The number of likely N-dealkylation sites (N-methyl/N-ethyl adjacent to an activating group) is 1. The van der Waals surface area contributed by atoms with Crippen LogP contribution in [-0.4, -0.2) is 84.5 Å². The van der Waals surface area contributed by atoms with E-state index < -0.39 is 0 Å². The lowest BCUT2D eigenvalue weighted by atomic mass is 10.1. The molecule has 0 aromatic heterocycles. The Morgan fingerprint density at radius 3 is 2.47 bits per heavy atom. The van der Waals surface area contributed by atoms with Gasteiger partial charge in [-0.2, -0.15) is 0 Å². The van der Waals surface area contributed by atoms with Crippen LogP contribution in [0.3, 0.4) is 0 Å². The molecule has 0 bridgehead atoms. The Kier molecular flexibility index (Phi) is 8.70. The Hall–Kier alpha value is -1.92. The summed E-state index contributed by atoms with van der Waals surface area (Å²) in [5.74, 6) is 0.206. The highest BCUT2D eigenvalue weighted by molar-refractivity contribution is 5.79. The van der Waals surface area contributed by atoms with Crippen molar-refractivity contribution in [2.24, 2.45) is 0 Å². The van der Waals surface area contributed by atoms with Gasteiger partial charge in [-0.1, -0.05) is 43.2 Å². The predicted molar refractivity (Wildman–Crippen MR) is 118 cm³/mol. The monoisotopic (exact) mass is 415 g/mol. The molecule has 0 radical (unpaired) electrons. The molecule has 2 fully saturated rings. The van der Waals surface area contributed by atoms with Crippen molar-refractivity contribution in [3.05, 3.63) is 35.9 Å². The van der Waals surface area contributed by atoms with Gasteiger partial charge in [-0.05, 0) is 38.7 Å². The lowest BCUT2D eigenvalue weighted by Gasteiger charge is -2.29. The van der Waals surface area contributed by atoms with Gasteiger partial charge in [0, 0.05) is 38.8 Å². The van der Waals surface area contributed by atoms with Crippen molar-refractivity contribution in [1.29, 1.82) is 0 Å². The summed E-state index contributed by atoms with van der Waals surface area (Å²) < 4.78 is 6.10. The molecule has 1 saturated carbocycles. The number of nitrogens with zero attached hydrogens (tertiary/aromatic N) is 3. The summed E-state index contributed by atoms with van der Waals surface area (Å²) in [5.41, 5.74) is 1.23. The molecule has 30 heavy (non-hydrogen) atoms. The zero-order valence-corrected chi connectivity index (χ0v) is 18.6. The molecule has 6 heteroatoms. The SMILES string of the molecule is CCN(CC)C(=O)CO[C@@H]1CN(CCc2ccccc2)C(=O)CN(C2CCCC2)C1. The molecule has 1 atom stereocenters. The Balaban J connectivity index is 1.64. The Morgan fingerprint density at radius 1 is 1.10 bits per heavy atom. The fourth-order valence-corrected chi connectivity index (χ4v) is 4.64. The van der Waals surface area contributed by atoms with Crippen molar-refractivity contribution in [1.82, 2.24) is 14.7 Å². The van der Waals surface area contributed by atoms with Gasteiger partial charge in [0.25, 0.3) is 0 Å². The molecular weight excluding hydrogens is 378 g/mol. The second-order valence-corrected chi connectivity index (χ2v) is 8.44. The summed E-state index contributed by atoms with van der Waals surface area (Å²) in [6, 6.07) is 10.7. The van der Waals surface area contributed by atoms with E-state index in [4.69, 9.17) is 4.74 Å². The summed E-state index contributed by atoms with van der Waals surface area (Å²) in [5, 5.41) is 0. The van der Waals surface area contributed by atoms with Crippen LogP contribution in [0.15, 0.2) is 30.3 Å². The molecule has 1 saturated heterocycles. The Bertz CT molecular complexity index is 672. The fourth-order valence-electron chi connectivity index (χ4n) is 4.64. The van der Waals surface area contributed by atoms with Gasteiger partial charge in [-0.3, -0.25) is 14.5 Å². The largest absolute Gasteiger partial charge is 0.365 e. The number of ether oxygens (including phenoxy) is 1. The van der Waals surface area contributed by atoms with Crippen LogP contribution in [0, 0.1) is 0 Å². The molecule has 0 unspecified atom stereocenters. The number of hydrogen-bond donors (Lipinski definition) is 0. The highest BCUT2D eigenvalue weighted by atomic mass is 16.5. The summed E-state index contributed by atoms with van der Waals surface area (Å²) in [6.45, 7) is 7.88. The molecule has 6 nitrogen and oxygen atoms in total. The molecule has 1 aliphatic heterocycles. The van der Waals surface area contributed by atoms with E-state index in [1.165, 1.54) is 18.4 Å².